The molecule has 10 heteroatoms. The number of nitrogens with two attached hydrogens (primary N) is 1. The van der Waals surface area contributed by atoms with E-state index in [-0.39, 0.29) is 16.1 Å². The second kappa shape index (κ2) is 5.36. The van der Waals surface area contributed by atoms with Crippen LogP contribution in [0, 0.1) is 0 Å². The Balaban J connectivity index is 2.35. The fraction of sp³-hybridized carbons (Fsp3) is 0.111. The number of hydrogen-bond acceptors (Lipinski definition) is 7. The van der Waals surface area contributed by atoms with Gasteiger partial charge in [0.05, 0.1) is 0 Å². The van der Waals surface area contributed by atoms with Crippen LogP contribution >= 0.6 is 11.8 Å². The third-order valence-electron chi connectivity index (χ3n) is 1.86. The highest BCUT2D eigenvalue weighted by molar-refractivity contribution is 7.99. The van der Waals surface area contributed by atoms with Gasteiger partial charge in [-0.15, -0.1) is 0 Å². The maximum absolute atomic E-state index is 12.6. The van der Waals surface area contributed by atoms with Gasteiger partial charge in [-0.3, -0.25) is 5.43 Å². The van der Waals surface area contributed by atoms with Gasteiger partial charge in [0.25, 0.3) is 0 Å². The molecule has 0 bridgehead atoms. The van der Waals surface area contributed by atoms with Crippen LogP contribution in [0.3, 0.4) is 0 Å². The Labute approximate surface area is 109 Å². The highest BCUT2D eigenvalue weighted by Crippen LogP contribution is 2.31. The molecule has 2 rings (SSSR count). The van der Waals surface area contributed by atoms with Crippen molar-refractivity contribution in [1.82, 2.24) is 19.9 Å². The van der Waals surface area contributed by atoms with Gasteiger partial charge in [0.1, 0.15) is 5.03 Å². The van der Waals surface area contributed by atoms with Crippen molar-refractivity contribution in [2.24, 2.45) is 5.84 Å². The maximum Gasteiger partial charge on any atom is 0.433 e. The largest absolute Gasteiger partial charge is 0.433 e. The Hall–Kier alpha value is -1.94. The van der Waals surface area contributed by atoms with E-state index < -0.39 is 11.9 Å². The summed E-state index contributed by atoms with van der Waals surface area (Å²) >= 11 is 0.879. The van der Waals surface area contributed by atoms with Crippen LogP contribution in [-0.2, 0) is 6.18 Å². The lowest BCUT2D eigenvalue weighted by Crippen LogP contribution is -2.15. The van der Waals surface area contributed by atoms with E-state index in [0.29, 0.717) is 0 Å². The van der Waals surface area contributed by atoms with Crippen molar-refractivity contribution in [2.45, 2.75) is 16.4 Å². The minimum Gasteiger partial charge on any atom is -0.292 e. The molecule has 2 aromatic rings. The molecule has 0 aliphatic carbocycles. The quantitative estimate of drug-likeness (QED) is 0.384. The molecule has 19 heavy (non-hydrogen) atoms. The molecule has 0 unspecified atom stereocenters. The van der Waals surface area contributed by atoms with Crippen LogP contribution in [0.2, 0.25) is 0 Å². The predicted octanol–water partition coefficient (Wildman–Crippen LogP) is 1.72. The number of rotatable bonds is 3. The van der Waals surface area contributed by atoms with Crippen LogP contribution in [0.4, 0.5) is 19.1 Å². The maximum atomic E-state index is 12.6. The third kappa shape index (κ3) is 3.51. The predicted molar refractivity (Wildman–Crippen MR) is 61.0 cm³/mol. The Morgan fingerprint density at radius 3 is 2.42 bits per heavy atom. The number of nitrogens with one attached hydrogen (secondary N) is 1. The first kappa shape index (κ1) is 13.5. The van der Waals surface area contributed by atoms with E-state index in [4.69, 9.17) is 5.84 Å². The molecule has 0 saturated carbocycles. The second-order valence-corrected chi connectivity index (χ2v) is 4.18. The Bertz CT molecular complexity index is 562. The Kier molecular flexibility index (Phi) is 3.81. The van der Waals surface area contributed by atoms with E-state index in [9.17, 15) is 13.2 Å². The first-order valence-corrected chi connectivity index (χ1v) is 5.68. The van der Waals surface area contributed by atoms with Gasteiger partial charge < -0.3 is 0 Å². The number of alkyl halides is 3. The van der Waals surface area contributed by atoms with Crippen molar-refractivity contribution in [3.05, 3.63) is 30.2 Å². The van der Waals surface area contributed by atoms with Gasteiger partial charge in [0, 0.05) is 18.5 Å². The summed E-state index contributed by atoms with van der Waals surface area (Å²) in [6, 6.07) is 2.40. The molecule has 2 heterocycles. The van der Waals surface area contributed by atoms with Crippen LogP contribution in [0.1, 0.15) is 5.69 Å². The zero-order chi connectivity index (χ0) is 13.9. The summed E-state index contributed by atoms with van der Waals surface area (Å²) in [4.78, 5) is 14.8. The van der Waals surface area contributed by atoms with Gasteiger partial charge in [-0.2, -0.15) is 13.2 Å². The topological polar surface area (TPSA) is 89.6 Å². The van der Waals surface area contributed by atoms with Crippen molar-refractivity contribution in [3.8, 4) is 0 Å². The summed E-state index contributed by atoms with van der Waals surface area (Å²) in [6.45, 7) is 0. The van der Waals surface area contributed by atoms with Crippen LogP contribution in [0.15, 0.2) is 34.7 Å². The number of nitrogens with zero attached hydrogens (tertiary/aromatic N) is 4. The van der Waals surface area contributed by atoms with Crippen LogP contribution < -0.4 is 11.3 Å². The van der Waals surface area contributed by atoms with Gasteiger partial charge in [-0.1, -0.05) is 0 Å². The normalized spacial score (nSPS) is 11.4. The molecule has 100 valence electrons. The molecule has 0 saturated heterocycles. The lowest BCUT2D eigenvalue weighted by molar-refractivity contribution is -0.141. The summed E-state index contributed by atoms with van der Waals surface area (Å²) in [6.07, 6.45) is -1.63. The standard InChI is InChI=1S/C9H7F3N6S/c10-9(11,12)5-4-6(17-7(16-5)18-13)19-8-14-2-1-3-15-8/h1-4H,13H2,(H,16,17,18). The molecule has 0 radical (unpaired) electrons. The monoisotopic (exact) mass is 288 g/mol. The number of anilines is 1. The fourth-order valence-electron chi connectivity index (χ4n) is 1.12. The van der Waals surface area contributed by atoms with E-state index in [1.54, 1.807) is 6.07 Å². The van der Waals surface area contributed by atoms with Crippen molar-refractivity contribution < 1.29 is 13.2 Å². The highest BCUT2D eigenvalue weighted by atomic mass is 32.2. The van der Waals surface area contributed by atoms with E-state index in [2.05, 4.69) is 19.9 Å². The van der Waals surface area contributed by atoms with Crippen LogP contribution in [-0.4, -0.2) is 19.9 Å². The zero-order valence-corrected chi connectivity index (χ0v) is 10.0. The molecule has 0 aliphatic rings. The second-order valence-electron chi connectivity index (χ2n) is 3.19. The van der Waals surface area contributed by atoms with E-state index >= 15 is 0 Å². The van der Waals surface area contributed by atoms with Gasteiger partial charge in [0.15, 0.2) is 10.9 Å². The molecule has 0 amide bonds. The molecule has 0 aromatic carbocycles. The molecule has 6 nitrogen and oxygen atoms in total. The fourth-order valence-corrected chi connectivity index (χ4v) is 1.84. The number of halogens is 3. The molecule has 0 aliphatic heterocycles. The minimum atomic E-state index is -4.58. The van der Waals surface area contributed by atoms with E-state index in [1.165, 1.54) is 12.4 Å². The van der Waals surface area contributed by atoms with Crippen LogP contribution in [0.5, 0.6) is 0 Å². The van der Waals surface area contributed by atoms with Gasteiger partial charge in [-0.25, -0.2) is 25.8 Å². The molecule has 0 fully saturated rings. The van der Waals surface area contributed by atoms with Gasteiger partial charge >= 0.3 is 6.18 Å². The number of hydrogen-bond donors (Lipinski definition) is 2. The molecule has 2 aromatic heterocycles. The lowest BCUT2D eigenvalue weighted by Gasteiger charge is -2.09. The number of hydrazine groups is 1. The highest BCUT2D eigenvalue weighted by Gasteiger charge is 2.33. The summed E-state index contributed by atoms with van der Waals surface area (Å²) in [5, 5.41) is 0.318. The van der Waals surface area contributed by atoms with Crippen molar-refractivity contribution in [2.75, 3.05) is 5.43 Å². The summed E-state index contributed by atoms with van der Waals surface area (Å²) in [7, 11) is 0. The zero-order valence-electron chi connectivity index (χ0n) is 9.22. The van der Waals surface area contributed by atoms with E-state index in [0.717, 1.165) is 17.8 Å². The molecule has 3 N–H and O–H groups in total. The summed E-state index contributed by atoms with van der Waals surface area (Å²) < 4.78 is 37.9. The van der Waals surface area contributed by atoms with Gasteiger partial charge in [-0.05, 0) is 17.8 Å². The number of nitrogen functional groups attached to an aromatic ring is 1. The first-order chi connectivity index (χ1) is 8.99. The molecule has 0 spiro atoms. The summed E-state index contributed by atoms with van der Waals surface area (Å²) in [5.41, 5.74) is 0.900. The average molecular weight is 288 g/mol. The summed E-state index contributed by atoms with van der Waals surface area (Å²) in [5.74, 6) is 4.72. The number of aromatic nitrogens is 4. The smallest absolute Gasteiger partial charge is 0.292 e. The van der Waals surface area contributed by atoms with Crippen molar-refractivity contribution in [3.63, 3.8) is 0 Å². The molecular formula is C9H7F3N6S. The lowest BCUT2D eigenvalue weighted by atomic mass is 10.4. The SMILES string of the molecule is NNc1nc(Sc2ncccn2)cc(C(F)(F)F)n1. The van der Waals surface area contributed by atoms with Crippen molar-refractivity contribution in [1.29, 1.82) is 0 Å². The van der Waals surface area contributed by atoms with E-state index in [1.807, 2.05) is 5.43 Å². The average Bonchev–Trinajstić information content (AvgIpc) is 2.38. The Morgan fingerprint density at radius 1 is 1.16 bits per heavy atom. The molecular weight excluding hydrogens is 281 g/mol. The van der Waals surface area contributed by atoms with Gasteiger partial charge in [0.2, 0.25) is 5.95 Å². The minimum absolute atomic E-state index is 0.0430. The molecule has 0 atom stereocenters. The first-order valence-electron chi connectivity index (χ1n) is 4.87. The Morgan fingerprint density at radius 2 is 1.84 bits per heavy atom. The third-order valence-corrected chi connectivity index (χ3v) is 2.67. The van der Waals surface area contributed by atoms with Crippen LogP contribution in [0.25, 0.3) is 0 Å². The van der Waals surface area contributed by atoms with Crippen molar-refractivity contribution >= 4 is 17.7 Å².